The molecule has 0 bridgehead atoms. The van der Waals surface area contributed by atoms with E-state index in [0.29, 0.717) is 19.0 Å². The fourth-order valence-electron chi connectivity index (χ4n) is 1.93. The molecule has 1 N–H and O–H groups in total. The van der Waals surface area contributed by atoms with E-state index in [4.69, 9.17) is 0 Å². The molecule has 0 saturated carbocycles. The molecule has 0 amide bonds. The van der Waals surface area contributed by atoms with Gasteiger partial charge in [0, 0.05) is 0 Å². The van der Waals surface area contributed by atoms with Gasteiger partial charge in [0.15, 0.2) is 0 Å². The monoisotopic (exact) mass is 224 g/mol. The molecule has 0 radical (unpaired) electrons. The van der Waals surface area contributed by atoms with Crippen LogP contribution >= 0.6 is 0 Å². The van der Waals surface area contributed by atoms with Gasteiger partial charge in [0.25, 0.3) is 0 Å². The maximum absolute atomic E-state index is 12.1. The molecule has 0 aromatic rings. The molecular weight excluding hydrogens is 205 g/mol. The Morgan fingerprint density at radius 3 is 2.60 bits per heavy atom. The van der Waals surface area contributed by atoms with Gasteiger partial charge in [-0.1, -0.05) is 6.92 Å². The van der Waals surface area contributed by atoms with Crippen molar-refractivity contribution in [2.24, 2.45) is 5.92 Å². The van der Waals surface area contributed by atoms with Crippen LogP contribution in [0.1, 0.15) is 19.8 Å². The minimum absolute atomic E-state index is 0.472. The topological polar surface area (TPSA) is 15.3 Å². The van der Waals surface area contributed by atoms with Gasteiger partial charge in [-0.05, 0) is 44.9 Å². The lowest BCUT2D eigenvalue weighted by Gasteiger charge is -2.23. The normalized spacial score (nSPS) is 22.6. The minimum Gasteiger partial charge on any atom is -0.316 e. The van der Waals surface area contributed by atoms with E-state index in [2.05, 4.69) is 5.32 Å². The summed E-state index contributed by atoms with van der Waals surface area (Å²) in [5, 5.41) is 3.22. The number of hydrogen-bond donors (Lipinski definition) is 1. The van der Waals surface area contributed by atoms with Gasteiger partial charge in [-0.15, -0.1) is 0 Å². The van der Waals surface area contributed by atoms with E-state index < -0.39 is 12.7 Å². The predicted molar refractivity (Wildman–Crippen MR) is 53.8 cm³/mol. The van der Waals surface area contributed by atoms with E-state index in [-0.39, 0.29) is 0 Å². The molecule has 1 aliphatic heterocycles. The zero-order chi connectivity index (χ0) is 11.3. The molecule has 1 atom stereocenters. The van der Waals surface area contributed by atoms with Gasteiger partial charge in [0.1, 0.15) is 0 Å². The second-order valence-electron chi connectivity index (χ2n) is 4.13. The van der Waals surface area contributed by atoms with Crippen molar-refractivity contribution in [1.82, 2.24) is 10.2 Å². The first-order chi connectivity index (χ1) is 7.01. The average molecular weight is 224 g/mol. The highest BCUT2D eigenvalue weighted by Gasteiger charge is 2.30. The van der Waals surface area contributed by atoms with Gasteiger partial charge in [-0.25, -0.2) is 0 Å². The van der Waals surface area contributed by atoms with Crippen LogP contribution in [-0.2, 0) is 0 Å². The third-order valence-electron chi connectivity index (χ3n) is 2.87. The molecule has 0 spiro atoms. The first-order valence-corrected chi connectivity index (χ1v) is 5.51. The predicted octanol–water partition coefficient (Wildman–Crippen LogP) is 1.87. The summed E-state index contributed by atoms with van der Waals surface area (Å²) in [5.41, 5.74) is 0. The summed E-state index contributed by atoms with van der Waals surface area (Å²) >= 11 is 0. The smallest absolute Gasteiger partial charge is 0.316 e. The minimum atomic E-state index is -4.07. The number of rotatable bonds is 5. The third-order valence-corrected chi connectivity index (χ3v) is 2.87. The number of nitrogens with zero attached hydrogens (tertiary/aromatic N) is 1. The largest absolute Gasteiger partial charge is 0.401 e. The highest BCUT2D eigenvalue weighted by molar-refractivity contribution is 4.73. The molecule has 1 rings (SSSR count). The Morgan fingerprint density at radius 1 is 1.40 bits per heavy atom. The van der Waals surface area contributed by atoms with Gasteiger partial charge in [0.05, 0.1) is 6.54 Å². The second kappa shape index (κ2) is 5.70. The van der Waals surface area contributed by atoms with Crippen molar-refractivity contribution >= 4 is 0 Å². The first kappa shape index (κ1) is 12.8. The molecule has 0 aliphatic carbocycles. The Morgan fingerprint density at radius 2 is 2.13 bits per heavy atom. The van der Waals surface area contributed by atoms with Crippen molar-refractivity contribution in [1.29, 1.82) is 0 Å². The van der Waals surface area contributed by atoms with Crippen LogP contribution in [0.3, 0.4) is 0 Å². The standard InChI is InChI=1S/C10H19F3N2/c1-2-15(8-10(11,12)13)6-4-9-3-5-14-7-9/h9,14H,2-8H2,1H3. The van der Waals surface area contributed by atoms with Gasteiger partial charge in [-0.3, -0.25) is 4.90 Å². The third kappa shape index (κ3) is 5.37. The number of alkyl halides is 3. The van der Waals surface area contributed by atoms with Crippen molar-refractivity contribution in [2.45, 2.75) is 25.9 Å². The number of halogens is 3. The van der Waals surface area contributed by atoms with E-state index in [1.807, 2.05) is 0 Å². The summed E-state index contributed by atoms with van der Waals surface area (Å²) in [6.45, 7) is 4.00. The SMILES string of the molecule is CCN(CCC1CCNC1)CC(F)(F)F. The molecule has 2 nitrogen and oxygen atoms in total. The summed E-state index contributed by atoms with van der Waals surface area (Å²) in [6, 6.07) is 0. The van der Waals surface area contributed by atoms with E-state index in [1.165, 1.54) is 4.90 Å². The van der Waals surface area contributed by atoms with E-state index >= 15 is 0 Å². The number of hydrogen-bond acceptors (Lipinski definition) is 2. The Bertz CT molecular complexity index is 176. The molecule has 1 heterocycles. The molecule has 5 heteroatoms. The molecular formula is C10H19F3N2. The molecule has 1 fully saturated rings. The Kier molecular flexibility index (Phi) is 4.86. The first-order valence-electron chi connectivity index (χ1n) is 5.51. The van der Waals surface area contributed by atoms with Crippen molar-refractivity contribution in [3.63, 3.8) is 0 Å². The van der Waals surface area contributed by atoms with Crippen LogP contribution in [0, 0.1) is 5.92 Å². The number of nitrogens with one attached hydrogen (secondary N) is 1. The zero-order valence-corrected chi connectivity index (χ0v) is 9.11. The molecule has 1 unspecified atom stereocenters. The molecule has 1 saturated heterocycles. The Hall–Kier alpha value is -0.290. The Labute approximate surface area is 88.8 Å². The summed E-state index contributed by atoms with van der Waals surface area (Å²) in [4.78, 5) is 1.47. The molecule has 0 aromatic heterocycles. The lowest BCUT2D eigenvalue weighted by Crippen LogP contribution is -2.35. The van der Waals surface area contributed by atoms with Crippen LogP contribution in [0.2, 0.25) is 0 Å². The fourth-order valence-corrected chi connectivity index (χ4v) is 1.93. The molecule has 90 valence electrons. The fraction of sp³-hybridized carbons (Fsp3) is 1.00. The zero-order valence-electron chi connectivity index (χ0n) is 9.11. The van der Waals surface area contributed by atoms with Crippen molar-refractivity contribution in [3.05, 3.63) is 0 Å². The van der Waals surface area contributed by atoms with Crippen LogP contribution < -0.4 is 5.32 Å². The maximum atomic E-state index is 12.1. The molecule has 15 heavy (non-hydrogen) atoms. The molecule has 1 aliphatic rings. The second-order valence-corrected chi connectivity index (χ2v) is 4.13. The van der Waals surface area contributed by atoms with Crippen molar-refractivity contribution in [2.75, 3.05) is 32.7 Å². The van der Waals surface area contributed by atoms with Crippen LogP contribution in [0.25, 0.3) is 0 Å². The van der Waals surface area contributed by atoms with Crippen LogP contribution in [0.5, 0.6) is 0 Å². The average Bonchev–Trinajstić information content (AvgIpc) is 2.62. The van der Waals surface area contributed by atoms with Gasteiger partial charge in [0.2, 0.25) is 0 Å². The van der Waals surface area contributed by atoms with Crippen molar-refractivity contribution in [3.8, 4) is 0 Å². The maximum Gasteiger partial charge on any atom is 0.401 e. The van der Waals surface area contributed by atoms with E-state index in [9.17, 15) is 13.2 Å². The van der Waals surface area contributed by atoms with E-state index in [1.54, 1.807) is 6.92 Å². The highest BCUT2D eigenvalue weighted by atomic mass is 19.4. The Balaban J connectivity index is 2.21. The highest BCUT2D eigenvalue weighted by Crippen LogP contribution is 2.18. The summed E-state index contributed by atoms with van der Waals surface area (Å²) in [7, 11) is 0. The van der Waals surface area contributed by atoms with Crippen molar-refractivity contribution < 1.29 is 13.2 Å². The summed E-state index contributed by atoms with van der Waals surface area (Å²) in [6.07, 6.45) is -2.09. The van der Waals surface area contributed by atoms with Gasteiger partial charge in [-0.2, -0.15) is 13.2 Å². The van der Waals surface area contributed by atoms with Gasteiger partial charge >= 0.3 is 6.18 Å². The van der Waals surface area contributed by atoms with Crippen LogP contribution in [0.4, 0.5) is 13.2 Å². The quantitative estimate of drug-likeness (QED) is 0.767. The van der Waals surface area contributed by atoms with Gasteiger partial charge < -0.3 is 5.32 Å². The van der Waals surface area contributed by atoms with Crippen LogP contribution in [0.15, 0.2) is 0 Å². The summed E-state index contributed by atoms with van der Waals surface area (Å²) < 4.78 is 36.4. The van der Waals surface area contributed by atoms with Crippen LogP contribution in [-0.4, -0.2) is 43.8 Å². The molecule has 0 aromatic carbocycles. The lowest BCUT2D eigenvalue weighted by molar-refractivity contribution is -0.145. The van der Waals surface area contributed by atoms with E-state index in [0.717, 1.165) is 25.9 Å². The lowest BCUT2D eigenvalue weighted by atomic mass is 10.0. The summed E-state index contributed by atoms with van der Waals surface area (Å²) in [5.74, 6) is 0.562.